The molecule has 19 heavy (non-hydrogen) atoms. The molecule has 0 N–H and O–H groups in total. The van der Waals surface area contributed by atoms with E-state index in [0.717, 1.165) is 24.1 Å². The summed E-state index contributed by atoms with van der Waals surface area (Å²) in [7, 11) is 1.63. The van der Waals surface area contributed by atoms with Gasteiger partial charge in [0.15, 0.2) is 0 Å². The van der Waals surface area contributed by atoms with Gasteiger partial charge in [0.2, 0.25) is 5.88 Å². The standard InChI is InChI=1S/C16H18N2O/c1-4-12-11-7-14-13(5-6-15(18-14)19-3)16(12,9-17)8-10(11)2/h4-6,10-11H,7-8H2,1-3H3/b12-4+. The van der Waals surface area contributed by atoms with Crippen LogP contribution in [0.15, 0.2) is 23.8 Å². The Kier molecular flexibility index (Phi) is 2.63. The number of hydrogen-bond donors (Lipinski definition) is 0. The SMILES string of the molecule is C/C=C1\C2Cc3nc(OC)ccc3C1(C#N)CC2C. The lowest BCUT2D eigenvalue weighted by atomic mass is 9.70. The maximum atomic E-state index is 9.81. The lowest BCUT2D eigenvalue weighted by Gasteiger charge is -2.32. The van der Waals surface area contributed by atoms with Gasteiger partial charge in [0, 0.05) is 6.07 Å². The van der Waals surface area contributed by atoms with Gasteiger partial charge in [-0.15, -0.1) is 0 Å². The normalized spacial score (nSPS) is 33.9. The second kappa shape index (κ2) is 4.09. The predicted molar refractivity (Wildman–Crippen MR) is 72.8 cm³/mol. The highest BCUT2D eigenvalue weighted by Crippen LogP contribution is 2.56. The Labute approximate surface area is 113 Å². The fraction of sp³-hybridized carbons (Fsp3) is 0.500. The van der Waals surface area contributed by atoms with Crippen LogP contribution >= 0.6 is 0 Å². The van der Waals surface area contributed by atoms with E-state index in [1.807, 2.05) is 12.1 Å². The molecule has 2 aliphatic rings. The Morgan fingerprint density at radius 3 is 2.95 bits per heavy atom. The highest BCUT2D eigenvalue weighted by atomic mass is 16.5. The average Bonchev–Trinajstić information content (AvgIpc) is 2.65. The lowest BCUT2D eigenvalue weighted by molar-refractivity contribution is 0.392. The number of aromatic nitrogens is 1. The molecule has 3 nitrogen and oxygen atoms in total. The maximum Gasteiger partial charge on any atom is 0.213 e. The molecule has 3 unspecified atom stereocenters. The number of ether oxygens (including phenoxy) is 1. The quantitative estimate of drug-likeness (QED) is 0.724. The van der Waals surface area contributed by atoms with Crippen molar-refractivity contribution >= 4 is 0 Å². The van der Waals surface area contributed by atoms with Crippen molar-refractivity contribution in [3.8, 4) is 11.9 Å². The van der Waals surface area contributed by atoms with Gasteiger partial charge in [-0.1, -0.05) is 13.0 Å². The molecule has 3 atom stereocenters. The molecule has 1 aromatic rings. The summed E-state index contributed by atoms with van der Waals surface area (Å²) in [6.07, 6.45) is 3.98. The van der Waals surface area contributed by atoms with E-state index >= 15 is 0 Å². The fourth-order valence-corrected chi connectivity index (χ4v) is 3.92. The Bertz CT molecular complexity index is 599. The lowest BCUT2D eigenvalue weighted by Crippen LogP contribution is -2.30. The zero-order valence-electron chi connectivity index (χ0n) is 11.6. The molecule has 0 aromatic carbocycles. The first-order chi connectivity index (χ1) is 9.16. The number of nitrogens with zero attached hydrogens (tertiary/aromatic N) is 2. The van der Waals surface area contributed by atoms with Crippen LogP contribution < -0.4 is 4.74 Å². The van der Waals surface area contributed by atoms with E-state index in [0.29, 0.717) is 17.7 Å². The maximum absolute atomic E-state index is 9.81. The second-order valence-electron chi connectivity index (χ2n) is 5.60. The van der Waals surface area contributed by atoms with Crippen molar-refractivity contribution in [2.45, 2.75) is 32.1 Å². The van der Waals surface area contributed by atoms with Crippen LogP contribution in [0.3, 0.4) is 0 Å². The molecule has 3 heteroatoms. The van der Waals surface area contributed by atoms with Crippen LogP contribution in [0, 0.1) is 23.2 Å². The second-order valence-corrected chi connectivity index (χ2v) is 5.60. The summed E-state index contributed by atoms with van der Waals surface area (Å²) in [4.78, 5) is 4.57. The number of allylic oxidation sites excluding steroid dienone is 2. The van der Waals surface area contributed by atoms with Gasteiger partial charge >= 0.3 is 0 Å². The van der Waals surface area contributed by atoms with Crippen LogP contribution in [0.5, 0.6) is 5.88 Å². The van der Waals surface area contributed by atoms with Crippen LogP contribution in [0.4, 0.5) is 0 Å². The third kappa shape index (κ3) is 1.46. The Hall–Kier alpha value is -1.82. The molecule has 0 aliphatic heterocycles. The molecule has 2 bridgehead atoms. The van der Waals surface area contributed by atoms with Crippen LogP contribution in [-0.2, 0) is 11.8 Å². The van der Waals surface area contributed by atoms with Crippen molar-refractivity contribution in [3.05, 3.63) is 35.0 Å². The van der Waals surface area contributed by atoms with Gasteiger partial charge in [-0.05, 0) is 48.8 Å². The molecule has 3 rings (SSSR count). The van der Waals surface area contributed by atoms with Crippen LogP contribution in [0.2, 0.25) is 0 Å². The van der Waals surface area contributed by atoms with Gasteiger partial charge in [-0.2, -0.15) is 5.26 Å². The molecule has 2 aliphatic carbocycles. The molecule has 1 fully saturated rings. The van der Waals surface area contributed by atoms with Crippen molar-refractivity contribution in [3.63, 3.8) is 0 Å². The first kappa shape index (κ1) is 12.2. The van der Waals surface area contributed by atoms with E-state index < -0.39 is 5.41 Å². The van der Waals surface area contributed by atoms with Crippen molar-refractivity contribution in [1.29, 1.82) is 5.26 Å². The van der Waals surface area contributed by atoms with Crippen LogP contribution in [0.1, 0.15) is 31.5 Å². The van der Waals surface area contributed by atoms with Gasteiger partial charge < -0.3 is 4.74 Å². The molecule has 98 valence electrons. The summed E-state index contributed by atoms with van der Waals surface area (Å²) in [6, 6.07) is 6.48. The highest BCUT2D eigenvalue weighted by molar-refractivity contribution is 5.54. The van der Waals surface area contributed by atoms with E-state index in [2.05, 4.69) is 31.0 Å². The van der Waals surface area contributed by atoms with Gasteiger partial charge in [0.25, 0.3) is 0 Å². The van der Waals surface area contributed by atoms with E-state index in [9.17, 15) is 5.26 Å². The van der Waals surface area contributed by atoms with Gasteiger partial charge in [-0.25, -0.2) is 4.98 Å². The third-order valence-corrected chi connectivity index (χ3v) is 4.74. The largest absolute Gasteiger partial charge is 0.481 e. The molecule has 0 spiro atoms. The number of methoxy groups -OCH3 is 1. The highest BCUT2D eigenvalue weighted by Gasteiger charge is 2.53. The van der Waals surface area contributed by atoms with Crippen molar-refractivity contribution < 1.29 is 4.74 Å². The summed E-state index contributed by atoms with van der Waals surface area (Å²) in [5.41, 5.74) is 2.97. The van der Waals surface area contributed by atoms with Crippen LogP contribution in [0.25, 0.3) is 0 Å². The molecular formula is C16H18N2O. The molecule has 1 saturated carbocycles. The topological polar surface area (TPSA) is 45.9 Å². The first-order valence-corrected chi connectivity index (χ1v) is 6.78. The molecule has 0 amide bonds. The first-order valence-electron chi connectivity index (χ1n) is 6.78. The van der Waals surface area contributed by atoms with Crippen molar-refractivity contribution in [2.24, 2.45) is 11.8 Å². The van der Waals surface area contributed by atoms with E-state index in [-0.39, 0.29) is 0 Å². The predicted octanol–water partition coefficient (Wildman–Crippen LogP) is 3.01. The minimum atomic E-state index is -0.453. The Morgan fingerprint density at radius 1 is 1.53 bits per heavy atom. The number of rotatable bonds is 1. The summed E-state index contributed by atoms with van der Waals surface area (Å²) in [5, 5.41) is 9.81. The molecule has 0 radical (unpaired) electrons. The van der Waals surface area contributed by atoms with E-state index in [1.165, 1.54) is 5.57 Å². The summed E-state index contributed by atoms with van der Waals surface area (Å²) < 4.78 is 5.21. The Balaban J connectivity index is 2.24. The fourth-order valence-electron chi connectivity index (χ4n) is 3.92. The third-order valence-electron chi connectivity index (χ3n) is 4.74. The zero-order chi connectivity index (χ0) is 13.6. The number of fused-ring (bicyclic) bond motifs is 4. The molecular weight excluding hydrogens is 236 g/mol. The van der Waals surface area contributed by atoms with Crippen LogP contribution in [-0.4, -0.2) is 12.1 Å². The molecule has 0 saturated heterocycles. The summed E-state index contributed by atoms with van der Waals surface area (Å²) in [6.45, 7) is 4.30. The number of hydrogen-bond acceptors (Lipinski definition) is 3. The van der Waals surface area contributed by atoms with Crippen molar-refractivity contribution in [1.82, 2.24) is 4.98 Å². The smallest absolute Gasteiger partial charge is 0.213 e. The number of pyridine rings is 1. The summed E-state index contributed by atoms with van der Waals surface area (Å²) in [5.74, 6) is 1.63. The van der Waals surface area contributed by atoms with E-state index in [4.69, 9.17) is 4.74 Å². The van der Waals surface area contributed by atoms with E-state index in [1.54, 1.807) is 7.11 Å². The van der Waals surface area contributed by atoms with Gasteiger partial charge in [0.1, 0.15) is 5.41 Å². The minimum absolute atomic E-state index is 0.453. The summed E-state index contributed by atoms with van der Waals surface area (Å²) >= 11 is 0. The van der Waals surface area contributed by atoms with Gasteiger partial charge in [0.05, 0.1) is 18.9 Å². The number of nitriles is 1. The zero-order valence-corrected chi connectivity index (χ0v) is 11.6. The minimum Gasteiger partial charge on any atom is -0.481 e. The molecule has 1 heterocycles. The average molecular weight is 254 g/mol. The van der Waals surface area contributed by atoms with Gasteiger partial charge in [-0.3, -0.25) is 0 Å². The Morgan fingerprint density at radius 2 is 2.32 bits per heavy atom. The van der Waals surface area contributed by atoms with Crippen molar-refractivity contribution in [2.75, 3.05) is 7.11 Å². The monoisotopic (exact) mass is 254 g/mol. The molecule has 1 aromatic heterocycles.